The predicted molar refractivity (Wildman–Crippen MR) is 87.0 cm³/mol. The Balaban J connectivity index is 1.76. The number of fused-ring (bicyclic) bond motifs is 1. The Morgan fingerprint density at radius 2 is 2.05 bits per heavy atom. The van der Waals surface area contributed by atoms with Crippen LogP contribution in [0.2, 0.25) is 0 Å². The van der Waals surface area contributed by atoms with E-state index in [1.54, 1.807) is 0 Å². The molecule has 1 aliphatic carbocycles. The van der Waals surface area contributed by atoms with E-state index in [1.807, 2.05) is 0 Å². The molecule has 118 valence electrons. The van der Waals surface area contributed by atoms with Crippen molar-refractivity contribution in [2.75, 3.05) is 26.4 Å². The van der Waals surface area contributed by atoms with Crippen molar-refractivity contribution in [3.63, 3.8) is 0 Å². The van der Waals surface area contributed by atoms with Crippen LogP contribution in [0.25, 0.3) is 0 Å². The Kier molecular flexibility index (Phi) is 7.04. The van der Waals surface area contributed by atoms with Crippen LogP contribution in [0.3, 0.4) is 0 Å². The van der Waals surface area contributed by atoms with Gasteiger partial charge in [0.1, 0.15) is 12.4 Å². The molecule has 0 radical (unpaired) electrons. The largest absolute Gasteiger partial charge is 0.491 e. The Labute approximate surface area is 129 Å². The van der Waals surface area contributed by atoms with Gasteiger partial charge in [0.05, 0.1) is 6.61 Å². The average molecular weight is 291 g/mol. The molecule has 3 nitrogen and oxygen atoms in total. The van der Waals surface area contributed by atoms with Gasteiger partial charge in [0.2, 0.25) is 0 Å². The summed E-state index contributed by atoms with van der Waals surface area (Å²) in [6.07, 6.45) is 5.86. The second-order valence-electron chi connectivity index (χ2n) is 5.72. The maximum Gasteiger partial charge on any atom is 0.119 e. The van der Waals surface area contributed by atoms with Gasteiger partial charge in [-0.25, -0.2) is 0 Å². The SMILES string of the molecule is CCCCOCCOc1ccc2c(c1)CCC2NCCC. The third-order valence-electron chi connectivity index (χ3n) is 3.97. The van der Waals surface area contributed by atoms with Gasteiger partial charge < -0.3 is 14.8 Å². The molecule has 0 heterocycles. The van der Waals surface area contributed by atoms with Crippen LogP contribution in [0.15, 0.2) is 18.2 Å². The number of hydrogen-bond donors (Lipinski definition) is 1. The quantitative estimate of drug-likeness (QED) is 0.664. The standard InChI is InChI=1S/C18H29NO2/c1-3-5-11-20-12-13-21-16-7-8-17-15(14-16)6-9-18(17)19-10-4-2/h7-8,14,18-19H,3-6,9-13H2,1-2H3. The summed E-state index contributed by atoms with van der Waals surface area (Å²) in [5.74, 6) is 0.976. The molecule has 1 aromatic rings. The molecule has 0 aliphatic heterocycles. The van der Waals surface area contributed by atoms with Crippen molar-refractivity contribution in [1.29, 1.82) is 0 Å². The highest BCUT2D eigenvalue weighted by molar-refractivity contribution is 5.40. The third kappa shape index (κ3) is 5.01. The van der Waals surface area contributed by atoms with Gasteiger partial charge in [-0.05, 0) is 55.5 Å². The van der Waals surface area contributed by atoms with E-state index in [1.165, 1.54) is 30.4 Å². The molecule has 0 saturated carbocycles. The van der Waals surface area contributed by atoms with Gasteiger partial charge in [-0.3, -0.25) is 0 Å². The lowest BCUT2D eigenvalue weighted by Crippen LogP contribution is -2.19. The van der Waals surface area contributed by atoms with Gasteiger partial charge in [-0.1, -0.05) is 26.3 Å². The van der Waals surface area contributed by atoms with Crippen LogP contribution in [0.1, 0.15) is 56.7 Å². The van der Waals surface area contributed by atoms with E-state index in [-0.39, 0.29) is 0 Å². The maximum atomic E-state index is 5.78. The molecule has 0 bridgehead atoms. The van der Waals surface area contributed by atoms with E-state index in [4.69, 9.17) is 9.47 Å². The molecular weight excluding hydrogens is 262 g/mol. The zero-order valence-electron chi connectivity index (χ0n) is 13.5. The monoisotopic (exact) mass is 291 g/mol. The van der Waals surface area contributed by atoms with Crippen LogP contribution in [0, 0.1) is 0 Å². The van der Waals surface area contributed by atoms with E-state index in [2.05, 4.69) is 37.4 Å². The van der Waals surface area contributed by atoms with Crippen LogP contribution >= 0.6 is 0 Å². The highest BCUT2D eigenvalue weighted by Crippen LogP contribution is 2.33. The first-order valence-corrected chi connectivity index (χ1v) is 8.42. The first-order chi connectivity index (χ1) is 10.3. The molecule has 0 spiro atoms. The van der Waals surface area contributed by atoms with Gasteiger partial charge in [-0.15, -0.1) is 0 Å². The molecule has 0 aromatic heterocycles. The van der Waals surface area contributed by atoms with Crippen molar-refractivity contribution in [2.45, 2.75) is 52.0 Å². The van der Waals surface area contributed by atoms with Gasteiger partial charge >= 0.3 is 0 Å². The second kappa shape index (κ2) is 9.06. The maximum absolute atomic E-state index is 5.78. The van der Waals surface area contributed by atoms with Crippen molar-refractivity contribution < 1.29 is 9.47 Å². The molecule has 0 saturated heterocycles. The minimum absolute atomic E-state index is 0.534. The van der Waals surface area contributed by atoms with Crippen LogP contribution < -0.4 is 10.1 Å². The molecule has 0 amide bonds. The third-order valence-corrected chi connectivity index (χ3v) is 3.97. The molecule has 1 aromatic carbocycles. The van der Waals surface area contributed by atoms with Crippen LogP contribution in [-0.2, 0) is 11.2 Å². The molecule has 1 aliphatic rings. The molecule has 2 rings (SSSR count). The first-order valence-electron chi connectivity index (χ1n) is 8.42. The molecule has 1 unspecified atom stereocenters. The number of ether oxygens (including phenoxy) is 2. The highest BCUT2D eigenvalue weighted by atomic mass is 16.5. The van der Waals surface area contributed by atoms with Crippen molar-refractivity contribution in [3.05, 3.63) is 29.3 Å². The van der Waals surface area contributed by atoms with Gasteiger partial charge in [-0.2, -0.15) is 0 Å². The Hall–Kier alpha value is -1.06. The number of benzene rings is 1. The Morgan fingerprint density at radius 1 is 1.14 bits per heavy atom. The fraction of sp³-hybridized carbons (Fsp3) is 0.667. The molecule has 3 heteroatoms. The van der Waals surface area contributed by atoms with E-state index in [0.29, 0.717) is 19.3 Å². The topological polar surface area (TPSA) is 30.5 Å². The normalized spacial score (nSPS) is 17.0. The van der Waals surface area contributed by atoms with Crippen molar-refractivity contribution in [3.8, 4) is 5.75 Å². The molecule has 0 fully saturated rings. The van der Waals surface area contributed by atoms with Crippen molar-refractivity contribution in [1.82, 2.24) is 5.32 Å². The number of hydrogen-bond acceptors (Lipinski definition) is 3. The van der Waals surface area contributed by atoms with Gasteiger partial charge in [0.25, 0.3) is 0 Å². The predicted octanol–water partition coefficient (Wildman–Crippen LogP) is 3.87. The summed E-state index contributed by atoms with van der Waals surface area (Å²) >= 11 is 0. The smallest absolute Gasteiger partial charge is 0.119 e. The summed E-state index contributed by atoms with van der Waals surface area (Å²) < 4.78 is 11.3. The minimum Gasteiger partial charge on any atom is -0.491 e. The lowest BCUT2D eigenvalue weighted by Gasteiger charge is -2.14. The number of aryl methyl sites for hydroxylation is 1. The summed E-state index contributed by atoms with van der Waals surface area (Å²) in [7, 11) is 0. The fourth-order valence-electron chi connectivity index (χ4n) is 2.78. The van der Waals surface area contributed by atoms with E-state index >= 15 is 0 Å². The molecule has 21 heavy (non-hydrogen) atoms. The first kappa shape index (κ1) is 16.3. The summed E-state index contributed by atoms with van der Waals surface area (Å²) in [5.41, 5.74) is 2.89. The second-order valence-corrected chi connectivity index (χ2v) is 5.72. The highest BCUT2D eigenvalue weighted by Gasteiger charge is 2.21. The summed E-state index contributed by atoms with van der Waals surface area (Å²) in [6.45, 7) is 7.64. The molecular formula is C18H29NO2. The van der Waals surface area contributed by atoms with Crippen LogP contribution in [0.4, 0.5) is 0 Å². The zero-order valence-corrected chi connectivity index (χ0v) is 13.5. The minimum atomic E-state index is 0.534. The summed E-state index contributed by atoms with van der Waals surface area (Å²) in [6, 6.07) is 7.06. The Morgan fingerprint density at radius 3 is 2.86 bits per heavy atom. The van der Waals surface area contributed by atoms with Gasteiger partial charge in [0.15, 0.2) is 0 Å². The summed E-state index contributed by atoms with van der Waals surface area (Å²) in [5, 5.41) is 3.62. The Bertz CT molecular complexity index is 420. The van der Waals surface area contributed by atoms with E-state index in [0.717, 1.165) is 31.7 Å². The summed E-state index contributed by atoms with van der Waals surface area (Å²) in [4.78, 5) is 0. The van der Waals surface area contributed by atoms with Gasteiger partial charge in [0, 0.05) is 12.6 Å². The average Bonchev–Trinajstić information content (AvgIpc) is 2.91. The van der Waals surface area contributed by atoms with Crippen molar-refractivity contribution in [2.24, 2.45) is 0 Å². The van der Waals surface area contributed by atoms with Crippen LogP contribution in [0.5, 0.6) is 5.75 Å². The van der Waals surface area contributed by atoms with Crippen LogP contribution in [-0.4, -0.2) is 26.4 Å². The molecule has 1 atom stereocenters. The number of nitrogens with one attached hydrogen (secondary N) is 1. The zero-order chi connectivity index (χ0) is 14.9. The number of unbranched alkanes of at least 4 members (excludes halogenated alkanes) is 1. The lowest BCUT2D eigenvalue weighted by atomic mass is 10.1. The van der Waals surface area contributed by atoms with E-state index in [9.17, 15) is 0 Å². The number of rotatable bonds is 10. The molecule has 1 N–H and O–H groups in total. The lowest BCUT2D eigenvalue weighted by molar-refractivity contribution is 0.0980. The van der Waals surface area contributed by atoms with E-state index < -0.39 is 0 Å². The fourth-order valence-corrected chi connectivity index (χ4v) is 2.78. The van der Waals surface area contributed by atoms with Crippen molar-refractivity contribution >= 4 is 0 Å².